The first-order valence-corrected chi connectivity index (χ1v) is 10.3. The fourth-order valence-corrected chi connectivity index (χ4v) is 3.71. The van der Waals surface area contributed by atoms with Crippen LogP contribution in [0.5, 0.6) is 5.75 Å². The van der Waals surface area contributed by atoms with E-state index in [1.165, 1.54) is 7.11 Å². The van der Waals surface area contributed by atoms with E-state index in [-0.39, 0.29) is 29.9 Å². The van der Waals surface area contributed by atoms with E-state index in [0.717, 1.165) is 17.6 Å². The van der Waals surface area contributed by atoms with Crippen LogP contribution in [0.3, 0.4) is 0 Å². The van der Waals surface area contributed by atoms with Crippen molar-refractivity contribution in [1.82, 2.24) is 20.1 Å². The Hall–Kier alpha value is -3.83. The highest BCUT2D eigenvalue weighted by molar-refractivity contribution is 6.03. The number of anilines is 3. The Morgan fingerprint density at radius 1 is 1.26 bits per heavy atom. The predicted octanol–water partition coefficient (Wildman–Crippen LogP) is 3.84. The molecule has 0 spiro atoms. The number of amides is 2. The summed E-state index contributed by atoms with van der Waals surface area (Å²) in [4.78, 5) is 29.0. The van der Waals surface area contributed by atoms with Crippen LogP contribution in [0.15, 0.2) is 30.6 Å². The number of hydrogen-bond acceptors (Lipinski definition) is 6. The molecule has 2 heterocycles. The number of ether oxygens (including phenoxy) is 1. The molecule has 3 N–H and O–H groups in total. The molecule has 0 bridgehead atoms. The second-order valence-electron chi connectivity index (χ2n) is 7.77. The molecule has 0 atom stereocenters. The number of pyridine rings is 1. The molecule has 1 saturated carbocycles. The molecule has 12 heteroatoms. The minimum absolute atomic E-state index is 0.0240. The topological polar surface area (TPSA) is 110 Å². The number of hydrogen-bond donors (Lipinski definition) is 3. The lowest BCUT2D eigenvalue weighted by Gasteiger charge is -2.19. The minimum Gasteiger partial charge on any atom is -0.492 e. The molecular weight excluding hydrogens is 453 g/mol. The van der Waals surface area contributed by atoms with Crippen molar-refractivity contribution < 1.29 is 31.6 Å². The third-order valence-electron chi connectivity index (χ3n) is 5.76. The number of rotatable bonds is 7. The van der Waals surface area contributed by atoms with E-state index in [1.807, 2.05) is 12.2 Å². The molecule has 1 aromatic carbocycles. The van der Waals surface area contributed by atoms with Gasteiger partial charge in [-0.25, -0.2) is 4.98 Å². The normalized spacial score (nSPS) is 16.2. The molecule has 1 aliphatic carbocycles. The molecule has 2 aromatic heterocycles. The van der Waals surface area contributed by atoms with Crippen molar-refractivity contribution in [2.75, 3.05) is 24.7 Å². The van der Waals surface area contributed by atoms with Gasteiger partial charge in [-0.3, -0.25) is 14.3 Å². The van der Waals surface area contributed by atoms with E-state index in [2.05, 4.69) is 20.7 Å². The summed E-state index contributed by atoms with van der Waals surface area (Å²) in [6, 6.07) is 4.53. The Bertz CT molecular complexity index is 1370. The van der Waals surface area contributed by atoms with Crippen molar-refractivity contribution >= 4 is 39.9 Å². The maximum Gasteiger partial charge on any atom is 0.403 e. The zero-order chi connectivity index (χ0) is 27.2. The van der Waals surface area contributed by atoms with Gasteiger partial charge in [-0.15, -0.1) is 0 Å². The zero-order valence-corrected chi connectivity index (χ0v) is 18.2. The van der Waals surface area contributed by atoms with Crippen molar-refractivity contribution in [2.45, 2.75) is 32.5 Å². The van der Waals surface area contributed by atoms with Gasteiger partial charge in [0.2, 0.25) is 5.91 Å². The number of nitrogens with zero attached hydrogens (tertiary/aromatic N) is 3. The maximum atomic E-state index is 13.4. The van der Waals surface area contributed by atoms with E-state index in [1.54, 1.807) is 23.0 Å². The van der Waals surface area contributed by atoms with E-state index < -0.39 is 30.4 Å². The number of methoxy groups -OCH3 is 1. The molecule has 0 radical (unpaired) electrons. The molecule has 9 nitrogen and oxygen atoms in total. The lowest BCUT2D eigenvalue weighted by Crippen LogP contribution is -2.37. The summed E-state index contributed by atoms with van der Waals surface area (Å²) in [5, 5.41) is 12.0. The van der Waals surface area contributed by atoms with E-state index in [4.69, 9.17) is 8.85 Å². The first-order valence-electron chi connectivity index (χ1n) is 11.8. The third-order valence-corrected chi connectivity index (χ3v) is 5.76. The average molecular weight is 479 g/mol. The highest BCUT2D eigenvalue weighted by Gasteiger charge is 2.68. The van der Waals surface area contributed by atoms with Crippen molar-refractivity contribution in [1.29, 1.82) is 0 Å². The van der Waals surface area contributed by atoms with Gasteiger partial charge in [-0.05, 0) is 31.9 Å². The lowest BCUT2D eigenvalue weighted by molar-refractivity contribution is -0.189. The van der Waals surface area contributed by atoms with Crippen LogP contribution in [-0.4, -0.2) is 46.8 Å². The number of halogens is 3. The number of fused-ring (bicyclic) bond motifs is 1. The van der Waals surface area contributed by atoms with Gasteiger partial charge in [0.15, 0.2) is 5.75 Å². The SMILES string of the molecule is [2H]C([2H])([2H])NC(=O)c1cnc(NC(=O)C2(C(F)(F)F)CC2)cc1Nc1ccc2cnn(CC)c2c1OC. The molecule has 0 unspecified atom stereocenters. The zero-order valence-electron chi connectivity index (χ0n) is 21.2. The molecule has 0 saturated heterocycles. The largest absolute Gasteiger partial charge is 0.492 e. The molecule has 0 aliphatic heterocycles. The molecule has 2 amide bonds. The summed E-state index contributed by atoms with van der Waals surface area (Å²) in [5.41, 5.74) is -1.73. The molecule has 1 fully saturated rings. The fraction of sp³-hybridized carbons (Fsp3) is 0.364. The summed E-state index contributed by atoms with van der Waals surface area (Å²) < 4.78 is 69.3. The molecule has 180 valence electrons. The van der Waals surface area contributed by atoms with Crippen LogP contribution in [0.1, 0.15) is 34.2 Å². The second kappa shape index (κ2) is 8.50. The van der Waals surface area contributed by atoms with Crippen LogP contribution >= 0.6 is 0 Å². The number of aryl methyl sites for hydroxylation is 1. The Labute approximate surface area is 196 Å². The van der Waals surface area contributed by atoms with Crippen molar-refractivity contribution in [3.63, 3.8) is 0 Å². The summed E-state index contributed by atoms with van der Waals surface area (Å²) >= 11 is 0. The van der Waals surface area contributed by atoms with Crippen LogP contribution in [0, 0.1) is 5.41 Å². The Kier molecular flexibility index (Phi) is 4.91. The minimum atomic E-state index is -4.72. The molecule has 3 aromatic rings. The lowest BCUT2D eigenvalue weighted by atomic mass is 10.1. The Balaban J connectivity index is 1.75. The van der Waals surface area contributed by atoms with Crippen molar-refractivity contribution in [2.24, 2.45) is 5.41 Å². The van der Waals surface area contributed by atoms with Gasteiger partial charge < -0.3 is 20.7 Å². The number of carbonyl (C=O) groups excluding carboxylic acids is 2. The van der Waals surface area contributed by atoms with Gasteiger partial charge in [0.1, 0.15) is 16.7 Å². The van der Waals surface area contributed by atoms with Crippen LogP contribution in [0.4, 0.5) is 30.4 Å². The van der Waals surface area contributed by atoms with Crippen molar-refractivity contribution in [3.8, 4) is 5.75 Å². The molecule has 4 rings (SSSR count). The van der Waals surface area contributed by atoms with Crippen LogP contribution < -0.4 is 20.7 Å². The number of aromatic nitrogens is 3. The molecule has 34 heavy (non-hydrogen) atoms. The predicted molar refractivity (Wildman–Crippen MR) is 119 cm³/mol. The average Bonchev–Trinajstić information content (AvgIpc) is 3.53. The van der Waals surface area contributed by atoms with E-state index in [0.29, 0.717) is 23.5 Å². The van der Waals surface area contributed by atoms with Crippen LogP contribution in [-0.2, 0) is 11.3 Å². The van der Waals surface area contributed by atoms with Crippen LogP contribution in [0.25, 0.3) is 10.9 Å². The standard InChI is InChI=1S/C22H23F3N6O3/c1-4-31-17-12(10-28-31)5-6-14(18(17)34-3)29-15-9-16(27-11-13(15)19(32)26-2)30-20(33)21(7-8-21)22(23,24)25/h5-6,9-11H,4,7-8H2,1-3H3,(H,26,32)(H2,27,29,30,33)/i2D3. The highest BCUT2D eigenvalue weighted by atomic mass is 19.4. The van der Waals surface area contributed by atoms with E-state index >= 15 is 0 Å². The van der Waals surface area contributed by atoms with Gasteiger partial charge in [-0.2, -0.15) is 18.3 Å². The summed E-state index contributed by atoms with van der Waals surface area (Å²) in [6.07, 6.45) is -2.78. The molecular formula is C22H23F3N6O3. The third kappa shape index (κ3) is 3.88. The Morgan fingerprint density at radius 2 is 2.03 bits per heavy atom. The number of alkyl halides is 3. The number of nitrogens with one attached hydrogen (secondary N) is 3. The van der Waals surface area contributed by atoms with Gasteiger partial charge in [0.05, 0.1) is 30.2 Å². The van der Waals surface area contributed by atoms with Crippen LogP contribution in [0.2, 0.25) is 0 Å². The van der Waals surface area contributed by atoms with Gasteiger partial charge in [-0.1, -0.05) is 0 Å². The summed E-state index contributed by atoms with van der Waals surface area (Å²) in [5.74, 6) is -2.17. The quantitative estimate of drug-likeness (QED) is 0.475. The first kappa shape index (κ1) is 19.6. The summed E-state index contributed by atoms with van der Waals surface area (Å²) in [7, 11) is 1.43. The maximum absolute atomic E-state index is 13.4. The number of benzene rings is 1. The number of carbonyl (C=O) groups is 2. The van der Waals surface area contributed by atoms with Crippen molar-refractivity contribution in [3.05, 3.63) is 36.2 Å². The highest BCUT2D eigenvalue weighted by Crippen LogP contribution is 2.58. The first-order chi connectivity index (χ1) is 17.3. The van der Waals surface area contributed by atoms with Gasteiger partial charge in [0, 0.05) is 35.3 Å². The Morgan fingerprint density at radius 3 is 2.65 bits per heavy atom. The smallest absolute Gasteiger partial charge is 0.403 e. The fourth-order valence-electron chi connectivity index (χ4n) is 3.71. The summed E-state index contributed by atoms with van der Waals surface area (Å²) in [6.45, 7) is -0.396. The van der Waals surface area contributed by atoms with Gasteiger partial charge >= 0.3 is 6.18 Å². The molecule has 1 aliphatic rings. The van der Waals surface area contributed by atoms with E-state index in [9.17, 15) is 22.8 Å². The van der Waals surface area contributed by atoms with Gasteiger partial charge in [0.25, 0.3) is 5.91 Å². The monoisotopic (exact) mass is 479 g/mol. The second-order valence-corrected chi connectivity index (χ2v) is 7.77.